The Morgan fingerprint density at radius 1 is 1.14 bits per heavy atom. The number of rotatable bonds is 4. The third-order valence-electron chi connectivity index (χ3n) is 3.45. The summed E-state index contributed by atoms with van der Waals surface area (Å²) in [5, 5.41) is 1.20. The van der Waals surface area contributed by atoms with E-state index in [0.29, 0.717) is 37.0 Å². The second kappa shape index (κ2) is 6.28. The summed E-state index contributed by atoms with van der Waals surface area (Å²) in [7, 11) is 0.396. The summed E-state index contributed by atoms with van der Waals surface area (Å²) in [6, 6.07) is 14.3. The highest BCUT2D eigenvalue weighted by molar-refractivity contribution is 6.53. The average Bonchev–Trinajstić information content (AvgIpc) is 2.53. The van der Waals surface area contributed by atoms with E-state index in [4.69, 9.17) is 4.42 Å². The summed E-state index contributed by atoms with van der Waals surface area (Å²) in [4.78, 5) is 12.8. The van der Waals surface area contributed by atoms with Crippen molar-refractivity contribution in [3.8, 4) is 11.1 Å². The molecule has 0 atom stereocenters. The van der Waals surface area contributed by atoms with Crippen molar-refractivity contribution in [2.75, 3.05) is 0 Å². The van der Waals surface area contributed by atoms with Gasteiger partial charge in [-0.15, -0.1) is 0 Å². The SMILES string of the molecule is CCC[Si]c1oc2ccccc2c(=O)c1-c1cccc(F)c1. The van der Waals surface area contributed by atoms with Crippen molar-refractivity contribution in [2.45, 2.75) is 19.4 Å². The Morgan fingerprint density at radius 2 is 1.95 bits per heavy atom. The van der Waals surface area contributed by atoms with Gasteiger partial charge in [-0.1, -0.05) is 43.7 Å². The van der Waals surface area contributed by atoms with Crippen LogP contribution in [0.5, 0.6) is 0 Å². The zero-order valence-electron chi connectivity index (χ0n) is 12.2. The van der Waals surface area contributed by atoms with Gasteiger partial charge in [-0.2, -0.15) is 0 Å². The van der Waals surface area contributed by atoms with E-state index in [2.05, 4.69) is 6.92 Å². The molecule has 0 amide bonds. The zero-order valence-corrected chi connectivity index (χ0v) is 13.2. The molecule has 3 rings (SSSR count). The van der Waals surface area contributed by atoms with Crippen LogP contribution < -0.4 is 10.8 Å². The molecule has 2 nitrogen and oxygen atoms in total. The predicted octanol–water partition coefficient (Wildman–Crippen LogP) is 3.76. The molecule has 0 spiro atoms. The van der Waals surface area contributed by atoms with Gasteiger partial charge in [-0.05, 0) is 29.8 Å². The van der Waals surface area contributed by atoms with E-state index in [-0.39, 0.29) is 11.2 Å². The third kappa shape index (κ3) is 2.74. The molecule has 2 radical (unpaired) electrons. The standard InChI is InChI=1S/C18H15FO2Si/c1-2-10-22-18-16(12-6-5-7-13(19)11-12)17(20)14-8-3-4-9-15(14)21-18/h3-9,11H,2,10H2,1H3. The van der Waals surface area contributed by atoms with E-state index >= 15 is 0 Å². The molecule has 0 aliphatic heterocycles. The summed E-state index contributed by atoms with van der Waals surface area (Å²) in [5.41, 5.74) is 1.57. The third-order valence-corrected chi connectivity index (χ3v) is 4.87. The van der Waals surface area contributed by atoms with Gasteiger partial charge < -0.3 is 4.42 Å². The molecule has 3 aromatic rings. The molecule has 110 valence electrons. The van der Waals surface area contributed by atoms with Crippen molar-refractivity contribution in [1.29, 1.82) is 0 Å². The molecule has 0 aliphatic rings. The van der Waals surface area contributed by atoms with Crippen LogP contribution in [0.4, 0.5) is 4.39 Å². The van der Waals surface area contributed by atoms with Crippen LogP contribution in [0.3, 0.4) is 0 Å². The Balaban J connectivity index is 2.29. The van der Waals surface area contributed by atoms with Gasteiger partial charge in [0.2, 0.25) is 0 Å². The number of hydrogen-bond acceptors (Lipinski definition) is 2. The fourth-order valence-electron chi connectivity index (χ4n) is 2.41. The molecular formula is C18H15FO2Si. The molecule has 4 heteroatoms. The number of hydrogen-bond donors (Lipinski definition) is 0. The molecule has 0 bridgehead atoms. The van der Waals surface area contributed by atoms with Gasteiger partial charge >= 0.3 is 0 Å². The first-order chi connectivity index (χ1) is 10.7. The predicted molar refractivity (Wildman–Crippen MR) is 88.4 cm³/mol. The maximum Gasteiger partial charge on any atom is 0.200 e. The fraction of sp³-hybridized carbons (Fsp3) is 0.167. The summed E-state index contributed by atoms with van der Waals surface area (Å²) in [6.07, 6.45) is 1.01. The van der Waals surface area contributed by atoms with Gasteiger partial charge in [0.05, 0.1) is 16.3 Å². The lowest BCUT2D eigenvalue weighted by atomic mass is 10.1. The van der Waals surface area contributed by atoms with E-state index < -0.39 is 0 Å². The van der Waals surface area contributed by atoms with Crippen molar-refractivity contribution >= 4 is 25.9 Å². The largest absolute Gasteiger partial charge is 0.466 e. The molecule has 22 heavy (non-hydrogen) atoms. The van der Waals surface area contributed by atoms with Crippen LogP contribution in [-0.4, -0.2) is 9.52 Å². The van der Waals surface area contributed by atoms with Crippen LogP contribution in [0, 0.1) is 5.82 Å². The molecule has 0 fully saturated rings. The van der Waals surface area contributed by atoms with Crippen molar-refractivity contribution in [3.05, 3.63) is 64.6 Å². The van der Waals surface area contributed by atoms with E-state index in [1.165, 1.54) is 12.1 Å². The minimum atomic E-state index is -0.352. The van der Waals surface area contributed by atoms with E-state index in [9.17, 15) is 9.18 Å². The second-order valence-electron chi connectivity index (χ2n) is 5.07. The highest BCUT2D eigenvalue weighted by Crippen LogP contribution is 2.19. The van der Waals surface area contributed by atoms with Gasteiger partial charge in [-0.25, -0.2) is 4.39 Å². The average molecular weight is 310 g/mol. The zero-order chi connectivity index (χ0) is 15.5. The van der Waals surface area contributed by atoms with Crippen LogP contribution in [0.15, 0.2) is 57.7 Å². The summed E-state index contributed by atoms with van der Waals surface area (Å²) >= 11 is 0. The summed E-state index contributed by atoms with van der Waals surface area (Å²) in [6.45, 7) is 2.09. The van der Waals surface area contributed by atoms with E-state index in [0.717, 1.165) is 12.5 Å². The van der Waals surface area contributed by atoms with Crippen molar-refractivity contribution in [3.63, 3.8) is 0 Å². The van der Waals surface area contributed by atoms with Crippen molar-refractivity contribution < 1.29 is 8.81 Å². The Morgan fingerprint density at radius 3 is 2.73 bits per heavy atom. The summed E-state index contributed by atoms with van der Waals surface area (Å²) in [5.74, 6) is -0.352. The van der Waals surface area contributed by atoms with Crippen molar-refractivity contribution in [2.24, 2.45) is 0 Å². The maximum atomic E-state index is 13.6. The molecule has 0 aliphatic carbocycles. The maximum absolute atomic E-state index is 13.6. The first kappa shape index (κ1) is 14.7. The Labute approximate surface area is 130 Å². The normalized spacial score (nSPS) is 11.0. The molecule has 1 heterocycles. The minimum Gasteiger partial charge on any atom is -0.466 e. The Hall–Kier alpha value is -2.20. The molecule has 0 saturated heterocycles. The van der Waals surface area contributed by atoms with Crippen LogP contribution in [0.25, 0.3) is 22.1 Å². The highest BCUT2D eigenvalue weighted by Gasteiger charge is 2.16. The number of fused-ring (bicyclic) bond motifs is 1. The van der Waals surface area contributed by atoms with Crippen LogP contribution >= 0.6 is 0 Å². The molecule has 0 unspecified atom stereocenters. The van der Waals surface area contributed by atoms with Crippen molar-refractivity contribution in [1.82, 2.24) is 0 Å². The van der Waals surface area contributed by atoms with Gasteiger partial charge in [0.15, 0.2) is 5.43 Å². The molecule has 0 N–H and O–H groups in total. The number of halogens is 1. The van der Waals surface area contributed by atoms with E-state index in [1.807, 2.05) is 12.1 Å². The van der Waals surface area contributed by atoms with Crippen LogP contribution in [-0.2, 0) is 0 Å². The molecule has 0 saturated carbocycles. The molecule has 2 aromatic carbocycles. The lowest BCUT2D eigenvalue weighted by molar-refractivity contribution is 0.627. The highest BCUT2D eigenvalue weighted by atomic mass is 28.2. The molecular weight excluding hydrogens is 295 g/mol. The molecule has 1 aromatic heterocycles. The summed E-state index contributed by atoms with van der Waals surface area (Å²) < 4.78 is 19.5. The number of benzene rings is 2. The van der Waals surface area contributed by atoms with Crippen LogP contribution in [0.1, 0.15) is 13.3 Å². The smallest absolute Gasteiger partial charge is 0.200 e. The quantitative estimate of drug-likeness (QED) is 0.687. The van der Waals surface area contributed by atoms with E-state index in [1.54, 1.807) is 24.3 Å². The first-order valence-electron chi connectivity index (χ1n) is 7.26. The second-order valence-corrected chi connectivity index (χ2v) is 6.38. The van der Waals surface area contributed by atoms with Gasteiger partial charge in [0.1, 0.15) is 20.9 Å². The topological polar surface area (TPSA) is 30.2 Å². The minimum absolute atomic E-state index is 0.0916. The number of para-hydroxylation sites is 1. The lowest BCUT2D eigenvalue weighted by Gasteiger charge is -2.09. The first-order valence-corrected chi connectivity index (χ1v) is 8.47. The van der Waals surface area contributed by atoms with Gasteiger partial charge in [-0.3, -0.25) is 4.79 Å². The monoisotopic (exact) mass is 310 g/mol. The van der Waals surface area contributed by atoms with Gasteiger partial charge in [0, 0.05) is 0 Å². The Kier molecular flexibility index (Phi) is 4.20. The fourth-order valence-corrected chi connectivity index (χ4v) is 3.51. The van der Waals surface area contributed by atoms with Crippen LogP contribution in [0.2, 0.25) is 6.04 Å². The van der Waals surface area contributed by atoms with Gasteiger partial charge in [0.25, 0.3) is 0 Å². The Bertz CT molecular complexity index is 870. The lowest BCUT2D eigenvalue weighted by Crippen LogP contribution is -2.24.